The van der Waals surface area contributed by atoms with Crippen LogP contribution >= 0.6 is 7.92 Å². The molecular formula is C39H30N3P. The van der Waals surface area contributed by atoms with E-state index in [1.54, 1.807) is 0 Å². The number of rotatable bonds is 3. The lowest BCUT2D eigenvalue weighted by Crippen LogP contribution is -2.27. The van der Waals surface area contributed by atoms with E-state index in [1.807, 2.05) is 0 Å². The number of nitrogens with zero attached hydrogens (tertiary/aromatic N) is 3. The van der Waals surface area contributed by atoms with Gasteiger partial charge in [0.25, 0.3) is 0 Å². The van der Waals surface area contributed by atoms with Gasteiger partial charge >= 0.3 is 0 Å². The Hall–Kier alpha value is -4.46. The van der Waals surface area contributed by atoms with E-state index in [-0.39, 0.29) is 0 Å². The van der Waals surface area contributed by atoms with Crippen molar-refractivity contribution < 1.29 is 0 Å². The van der Waals surface area contributed by atoms with Crippen LogP contribution in [-0.2, 0) is 19.3 Å². The van der Waals surface area contributed by atoms with Gasteiger partial charge in [-0.2, -0.15) is 0 Å². The summed E-state index contributed by atoms with van der Waals surface area (Å²) in [5.74, 6) is 0. The molecule has 0 saturated heterocycles. The highest BCUT2D eigenvalue weighted by molar-refractivity contribution is 7.79. The molecule has 0 saturated carbocycles. The smallest absolute Gasteiger partial charge is 0.0756 e. The first-order valence-corrected chi connectivity index (χ1v) is 16.4. The third-order valence-corrected chi connectivity index (χ3v) is 11.5. The molecule has 3 heterocycles. The number of benzene rings is 3. The molecule has 206 valence electrons. The predicted molar refractivity (Wildman–Crippen MR) is 177 cm³/mol. The lowest BCUT2D eigenvalue weighted by molar-refractivity contribution is 1.23. The van der Waals surface area contributed by atoms with Gasteiger partial charge in [-0.05, 0) is 108 Å². The third-order valence-electron chi connectivity index (χ3n) is 9.41. The minimum Gasteiger partial charge on any atom is -0.255 e. The first-order chi connectivity index (χ1) is 21.0. The fraction of sp³-hybridized carbons (Fsp3) is 0.154. The maximum Gasteiger partial charge on any atom is 0.0756 e. The Labute approximate surface area is 253 Å². The normalized spacial score (nSPS) is 13.4. The first-order valence-electron chi connectivity index (χ1n) is 15.0. The van der Waals surface area contributed by atoms with E-state index in [2.05, 4.69) is 112 Å². The second-order valence-corrected chi connectivity index (χ2v) is 14.5. The van der Waals surface area contributed by atoms with Crippen LogP contribution in [0, 0.1) is 20.8 Å². The fourth-order valence-corrected chi connectivity index (χ4v) is 9.43. The summed E-state index contributed by atoms with van der Waals surface area (Å²) in [6, 6.07) is 27.4. The summed E-state index contributed by atoms with van der Waals surface area (Å²) in [5, 5.41) is 0. The lowest BCUT2D eigenvalue weighted by Gasteiger charge is -2.19. The van der Waals surface area contributed by atoms with Crippen LogP contribution in [0.2, 0.25) is 0 Å². The molecule has 3 aromatic carbocycles. The highest BCUT2D eigenvalue weighted by Crippen LogP contribution is 2.43. The summed E-state index contributed by atoms with van der Waals surface area (Å²) < 4.78 is 0. The van der Waals surface area contributed by atoms with Crippen LogP contribution in [0.5, 0.6) is 0 Å². The lowest BCUT2D eigenvalue weighted by atomic mass is 10.1. The zero-order valence-electron chi connectivity index (χ0n) is 24.6. The van der Waals surface area contributed by atoms with Crippen molar-refractivity contribution >= 4 is 24.2 Å². The van der Waals surface area contributed by atoms with Crippen molar-refractivity contribution in [1.29, 1.82) is 0 Å². The van der Waals surface area contributed by atoms with Gasteiger partial charge in [-0.1, -0.05) is 71.3 Å². The van der Waals surface area contributed by atoms with E-state index in [1.165, 1.54) is 83.5 Å². The predicted octanol–water partition coefficient (Wildman–Crippen LogP) is 7.27. The molecule has 0 atom stereocenters. The van der Waals surface area contributed by atoms with Crippen molar-refractivity contribution in [1.82, 2.24) is 15.0 Å². The van der Waals surface area contributed by atoms with Crippen molar-refractivity contribution in [3.05, 3.63) is 141 Å². The van der Waals surface area contributed by atoms with Gasteiger partial charge in [0, 0.05) is 43.2 Å². The molecule has 0 spiro atoms. The Morgan fingerprint density at radius 3 is 1.02 bits per heavy atom. The molecule has 0 unspecified atom stereocenters. The second-order valence-electron chi connectivity index (χ2n) is 12.4. The van der Waals surface area contributed by atoms with Crippen molar-refractivity contribution in [2.24, 2.45) is 0 Å². The van der Waals surface area contributed by atoms with Crippen LogP contribution in [0.15, 0.2) is 91.4 Å². The van der Waals surface area contributed by atoms with Gasteiger partial charge in [0.2, 0.25) is 0 Å². The van der Waals surface area contributed by atoms with Crippen LogP contribution in [0.4, 0.5) is 0 Å². The molecule has 4 heteroatoms. The van der Waals surface area contributed by atoms with Crippen LogP contribution in [0.25, 0.3) is 33.4 Å². The van der Waals surface area contributed by atoms with E-state index in [0.717, 1.165) is 35.6 Å². The quantitative estimate of drug-likeness (QED) is 0.210. The molecule has 3 aliphatic rings. The average molecular weight is 572 g/mol. The van der Waals surface area contributed by atoms with Crippen LogP contribution < -0.4 is 16.3 Å². The summed E-state index contributed by atoms with van der Waals surface area (Å²) >= 11 is 0. The number of hydrogen-bond donors (Lipinski definition) is 0. The molecule has 3 nitrogen and oxygen atoms in total. The Balaban J connectivity index is 1.17. The zero-order valence-corrected chi connectivity index (χ0v) is 25.5. The maximum absolute atomic E-state index is 5.16. The number of aromatic nitrogens is 3. The summed E-state index contributed by atoms with van der Waals surface area (Å²) in [6.45, 7) is 6.51. The van der Waals surface area contributed by atoms with Gasteiger partial charge in [0.15, 0.2) is 0 Å². The maximum atomic E-state index is 5.16. The van der Waals surface area contributed by atoms with E-state index in [0.29, 0.717) is 0 Å². The number of fused-ring (bicyclic) bond motifs is 9. The Morgan fingerprint density at radius 1 is 0.395 bits per heavy atom. The highest BCUT2D eigenvalue weighted by Gasteiger charge is 2.29. The minimum absolute atomic E-state index is 0.948. The van der Waals surface area contributed by atoms with Crippen molar-refractivity contribution in [3.8, 4) is 33.4 Å². The highest BCUT2D eigenvalue weighted by atomic mass is 31.1. The van der Waals surface area contributed by atoms with Gasteiger partial charge in [0.1, 0.15) is 0 Å². The topological polar surface area (TPSA) is 38.7 Å². The molecule has 6 aromatic rings. The molecule has 3 aliphatic carbocycles. The van der Waals surface area contributed by atoms with Gasteiger partial charge < -0.3 is 0 Å². The first kappa shape index (κ1) is 25.1. The van der Waals surface area contributed by atoms with Gasteiger partial charge in [0.05, 0.1) is 16.3 Å². The van der Waals surface area contributed by atoms with Gasteiger partial charge in [-0.25, -0.2) is 0 Å². The second kappa shape index (κ2) is 9.27. The van der Waals surface area contributed by atoms with E-state index in [4.69, 9.17) is 15.0 Å². The number of aryl methyl sites for hydroxylation is 3. The third kappa shape index (κ3) is 3.95. The van der Waals surface area contributed by atoms with Crippen LogP contribution in [0.3, 0.4) is 0 Å². The molecule has 0 aliphatic heterocycles. The van der Waals surface area contributed by atoms with Crippen molar-refractivity contribution in [2.75, 3.05) is 0 Å². The molecule has 0 radical (unpaired) electrons. The van der Waals surface area contributed by atoms with Crippen molar-refractivity contribution in [3.63, 3.8) is 0 Å². The van der Waals surface area contributed by atoms with Gasteiger partial charge in [-0.15, -0.1) is 0 Å². The summed E-state index contributed by atoms with van der Waals surface area (Å²) in [4.78, 5) is 15.5. The van der Waals surface area contributed by atoms with E-state index >= 15 is 0 Å². The summed E-state index contributed by atoms with van der Waals surface area (Å²) in [6.07, 6.45) is 9.13. The Kier molecular flexibility index (Phi) is 5.40. The van der Waals surface area contributed by atoms with Gasteiger partial charge in [-0.3, -0.25) is 15.0 Å². The molecular weight excluding hydrogens is 541 g/mol. The van der Waals surface area contributed by atoms with E-state index < -0.39 is 7.92 Å². The molecule has 0 fully saturated rings. The largest absolute Gasteiger partial charge is 0.255 e. The molecule has 0 bridgehead atoms. The Morgan fingerprint density at radius 2 is 0.698 bits per heavy atom. The van der Waals surface area contributed by atoms with E-state index in [9.17, 15) is 0 Å². The number of pyridine rings is 3. The standard InChI is InChI=1S/C39H30N3P/c1-22-4-7-31-25(10-22)13-28-16-37(40-19-34(28)31)43(38-17-29-14-26-11-23(2)5-8-32(26)35(29)20-41-38)39-18-30-15-27-12-24(3)6-9-33(27)36(30)21-42-39/h4-12,16-21H,13-15H2,1-3H3. The molecule has 9 rings (SSSR count). The Bertz CT molecular complexity index is 1920. The monoisotopic (exact) mass is 571 g/mol. The van der Waals surface area contributed by atoms with Crippen LogP contribution in [0.1, 0.15) is 50.1 Å². The summed E-state index contributed by atoms with van der Waals surface area (Å²) in [5.41, 5.74) is 23.1. The fourth-order valence-electron chi connectivity index (χ4n) is 7.35. The summed E-state index contributed by atoms with van der Waals surface area (Å²) in [7, 11) is -1.05. The number of hydrogen-bond acceptors (Lipinski definition) is 3. The van der Waals surface area contributed by atoms with Crippen molar-refractivity contribution in [2.45, 2.75) is 40.0 Å². The minimum atomic E-state index is -1.05. The van der Waals surface area contributed by atoms with Crippen LogP contribution in [-0.4, -0.2) is 15.0 Å². The SMILES string of the molecule is Cc1ccc2c(c1)Cc1cc(P(c3cc4c(cn3)-c3ccc(C)cc3C4)c3cc4c(cn3)-c3ccc(C)cc3C4)ncc1-2. The molecule has 0 amide bonds. The zero-order chi connectivity index (χ0) is 28.8. The molecule has 43 heavy (non-hydrogen) atoms. The molecule has 0 N–H and O–H groups in total. The average Bonchev–Trinajstić information content (AvgIpc) is 3.65. The molecule has 3 aromatic heterocycles.